The standard InChI is InChI=1S/C25H49NO3/c1-3-4-5-6-7-8-9-10-11-12-13-14-15-16-18-21-24(2)28-25(27)29-26-22-19-17-20-23-26/h24H,3-23H2,1-2H3. The van der Waals surface area contributed by atoms with Gasteiger partial charge in [-0.25, -0.2) is 4.79 Å². The van der Waals surface area contributed by atoms with Crippen molar-refractivity contribution in [3.63, 3.8) is 0 Å². The van der Waals surface area contributed by atoms with E-state index in [-0.39, 0.29) is 6.10 Å². The van der Waals surface area contributed by atoms with Crippen molar-refractivity contribution in [2.45, 2.75) is 142 Å². The number of carbonyl (C=O) groups is 1. The number of piperidine rings is 1. The lowest BCUT2D eigenvalue weighted by Crippen LogP contribution is -2.33. The summed E-state index contributed by atoms with van der Waals surface area (Å²) in [6.45, 7) is 5.93. The minimum Gasteiger partial charge on any atom is -0.430 e. The zero-order chi connectivity index (χ0) is 21.0. The molecule has 0 aliphatic carbocycles. The molecule has 0 saturated carbocycles. The van der Waals surface area contributed by atoms with Crippen LogP contribution in [0.1, 0.15) is 136 Å². The fourth-order valence-corrected chi connectivity index (χ4v) is 4.11. The Kier molecular flexibility index (Phi) is 17.4. The molecule has 1 heterocycles. The Balaban J connectivity index is 1.79. The van der Waals surface area contributed by atoms with Gasteiger partial charge in [0.15, 0.2) is 0 Å². The molecule has 0 aromatic heterocycles. The van der Waals surface area contributed by atoms with Gasteiger partial charge in [0.25, 0.3) is 0 Å². The highest BCUT2D eigenvalue weighted by molar-refractivity contribution is 5.59. The molecule has 4 heteroatoms. The van der Waals surface area contributed by atoms with E-state index in [1.165, 1.54) is 96.3 Å². The highest BCUT2D eigenvalue weighted by Gasteiger charge is 2.17. The molecule has 1 saturated heterocycles. The molecular formula is C25H49NO3. The van der Waals surface area contributed by atoms with E-state index < -0.39 is 6.16 Å². The minimum absolute atomic E-state index is 0.0470. The average molecular weight is 412 g/mol. The Labute approximate surface area is 181 Å². The van der Waals surface area contributed by atoms with Gasteiger partial charge >= 0.3 is 6.16 Å². The predicted octanol–water partition coefficient (Wildman–Crippen LogP) is 8.19. The molecule has 4 nitrogen and oxygen atoms in total. The number of hydrogen-bond acceptors (Lipinski definition) is 4. The molecule has 1 aliphatic heterocycles. The second-order valence-corrected chi connectivity index (χ2v) is 9.00. The molecule has 1 aliphatic rings. The van der Waals surface area contributed by atoms with E-state index in [1.54, 1.807) is 5.06 Å². The lowest BCUT2D eigenvalue weighted by Gasteiger charge is -2.25. The lowest BCUT2D eigenvalue weighted by molar-refractivity contribution is -0.142. The van der Waals surface area contributed by atoms with E-state index in [2.05, 4.69) is 6.92 Å². The number of ether oxygens (including phenoxy) is 1. The van der Waals surface area contributed by atoms with E-state index in [0.717, 1.165) is 38.8 Å². The van der Waals surface area contributed by atoms with Gasteiger partial charge in [-0.2, -0.15) is 0 Å². The first-order valence-electron chi connectivity index (χ1n) is 12.9. The number of nitrogens with zero attached hydrogens (tertiary/aromatic N) is 1. The summed E-state index contributed by atoms with van der Waals surface area (Å²) in [5.74, 6) is 0. The summed E-state index contributed by atoms with van der Waals surface area (Å²) in [5, 5.41) is 1.74. The van der Waals surface area contributed by atoms with Gasteiger partial charge in [-0.15, -0.1) is 5.06 Å². The summed E-state index contributed by atoms with van der Waals surface area (Å²) in [4.78, 5) is 17.1. The number of rotatable bonds is 18. The summed E-state index contributed by atoms with van der Waals surface area (Å²) in [6, 6.07) is 0. The van der Waals surface area contributed by atoms with Gasteiger partial charge in [-0.1, -0.05) is 103 Å². The van der Waals surface area contributed by atoms with E-state index in [0.29, 0.717) is 0 Å². The number of hydrogen-bond donors (Lipinski definition) is 0. The summed E-state index contributed by atoms with van der Waals surface area (Å²) < 4.78 is 5.37. The highest BCUT2D eigenvalue weighted by Crippen LogP contribution is 2.15. The van der Waals surface area contributed by atoms with Crippen LogP contribution >= 0.6 is 0 Å². The molecule has 1 fully saturated rings. The topological polar surface area (TPSA) is 38.8 Å². The normalized spacial score (nSPS) is 15.9. The van der Waals surface area contributed by atoms with Crippen molar-refractivity contribution in [2.75, 3.05) is 13.1 Å². The second-order valence-electron chi connectivity index (χ2n) is 9.00. The smallest absolute Gasteiger partial charge is 0.430 e. The summed E-state index contributed by atoms with van der Waals surface area (Å²) in [6.07, 6.45) is 24.4. The number of carbonyl (C=O) groups excluding carboxylic acids is 1. The Morgan fingerprint density at radius 2 is 1.17 bits per heavy atom. The van der Waals surface area contributed by atoms with Gasteiger partial charge in [0.05, 0.1) is 0 Å². The van der Waals surface area contributed by atoms with E-state index in [9.17, 15) is 4.79 Å². The van der Waals surface area contributed by atoms with Crippen LogP contribution in [-0.2, 0) is 9.57 Å². The van der Waals surface area contributed by atoms with Gasteiger partial charge in [-0.05, 0) is 32.6 Å². The monoisotopic (exact) mass is 411 g/mol. The molecule has 1 atom stereocenters. The molecule has 0 bridgehead atoms. The molecular weight excluding hydrogens is 362 g/mol. The van der Waals surface area contributed by atoms with Crippen molar-refractivity contribution in [2.24, 2.45) is 0 Å². The molecule has 1 unspecified atom stereocenters. The van der Waals surface area contributed by atoms with Gasteiger partial charge in [0.1, 0.15) is 6.10 Å². The Morgan fingerprint density at radius 1 is 0.724 bits per heavy atom. The summed E-state index contributed by atoms with van der Waals surface area (Å²) in [5.41, 5.74) is 0. The van der Waals surface area contributed by atoms with Crippen molar-refractivity contribution in [3.05, 3.63) is 0 Å². The molecule has 29 heavy (non-hydrogen) atoms. The van der Waals surface area contributed by atoms with Crippen LogP contribution in [0.5, 0.6) is 0 Å². The van der Waals surface area contributed by atoms with Gasteiger partial charge in [0.2, 0.25) is 0 Å². The highest BCUT2D eigenvalue weighted by atomic mass is 16.8. The van der Waals surface area contributed by atoms with Gasteiger partial charge in [0, 0.05) is 13.1 Å². The van der Waals surface area contributed by atoms with Crippen molar-refractivity contribution in [1.82, 2.24) is 5.06 Å². The average Bonchev–Trinajstić information content (AvgIpc) is 2.71. The first-order valence-corrected chi connectivity index (χ1v) is 12.9. The van der Waals surface area contributed by atoms with E-state index >= 15 is 0 Å². The largest absolute Gasteiger partial charge is 0.528 e. The van der Waals surface area contributed by atoms with E-state index in [1.807, 2.05) is 6.92 Å². The van der Waals surface area contributed by atoms with Crippen molar-refractivity contribution in [3.8, 4) is 0 Å². The van der Waals surface area contributed by atoms with Crippen LogP contribution in [0.4, 0.5) is 4.79 Å². The van der Waals surface area contributed by atoms with Crippen LogP contribution < -0.4 is 0 Å². The molecule has 0 N–H and O–H groups in total. The van der Waals surface area contributed by atoms with Crippen LogP contribution in [0.3, 0.4) is 0 Å². The van der Waals surface area contributed by atoms with Crippen LogP contribution in [0.2, 0.25) is 0 Å². The lowest BCUT2D eigenvalue weighted by atomic mass is 10.0. The van der Waals surface area contributed by atoms with Crippen LogP contribution in [-0.4, -0.2) is 30.4 Å². The third-order valence-electron chi connectivity index (χ3n) is 6.03. The molecule has 0 aromatic rings. The second kappa shape index (κ2) is 19.2. The quantitative estimate of drug-likeness (QED) is 0.168. The first-order chi connectivity index (χ1) is 14.2. The minimum atomic E-state index is -0.527. The van der Waals surface area contributed by atoms with Crippen LogP contribution in [0.25, 0.3) is 0 Å². The van der Waals surface area contributed by atoms with Gasteiger partial charge < -0.3 is 9.57 Å². The molecule has 1 rings (SSSR count). The number of unbranched alkanes of at least 4 members (excludes halogenated alkanes) is 14. The van der Waals surface area contributed by atoms with Crippen LogP contribution in [0, 0.1) is 0 Å². The SMILES string of the molecule is CCCCCCCCCCCCCCCCCC(C)OC(=O)ON1CCCCC1. The Bertz CT molecular complexity index is 369. The first kappa shape index (κ1) is 26.3. The predicted molar refractivity (Wildman–Crippen MR) is 122 cm³/mol. The summed E-state index contributed by atoms with van der Waals surface area (Å²) >= 11 is 0. The summed E-state index contributed by atoms with van der Waals surface area (Å²) in [7, 11) is 0. The van der Waals surface area contributed by atoms with Crippen molar-refractivity contribution >= 4 is 6.16 Å². The Morgan fingerprint density at radius 3 is 1.66 bits per heavy atom. The fourth-order valence-electron chi connectivity index (χ4n) is 4.11. The third kappa shape index (κ3) is 16.7. The zero-order valence-corrected chi connectivity index (χ0v) is 19.6. The molecule has 172 valence electrons. The Hall–Kier alpha value is -0.770. The maximum atomic E-state index is 11.8. The maximum absolute atomic E-state index is 11.8. The molecule has 0 amide bonds. The zero-order valence-electron chi connectivity index (χ0n) is 19.6. The third-order valence-corrected chi connectivity index (χ3v) is 6.03. The fraction of sp³-hybridized carbons (Fsp3) is 0.960. The molecule has 0 radical (unpaired) electrons. The van der Waals surface area contributed by atoms with Crippen molar-refractivity contribution < 1.29 is 14.4 Å². The van der Waals surface area contributed by atoms with Gasteiger partial charge in [-0.3, -0.25) is 0 Å². The number of hydroxylamine groups is 2. The molecule has 0 spiro atoms. The molecule has 0 aromatic carbocycles. The van der Waals surface area contributed by atoms with E-state index in [4.69, 9.17) is 9.57 Å². The maximum Gasteiger partial charge on any atom is 0.528 e. The van der Waals surface area contributed by atoms with Crippen LogP contribution in [0.15, 0.2) is 0 Å². The van der Waals surface area contributed by atoms with Crippen molar-refractivity contribution in [1.29, 1.82) is 0 Å².